The van der Waals surface area contributed by atoms with E-state index in [1.807, 2.05) is 4.90 Å². The van der Waals surface area contributed by atoms with Gasteiger partial charge in [0.15, 0.2) is 0 Å². The van der Waals surface area contributed by atoms with E-state index in [0.29, 0.717) is 5.69 Å². The Morgan fingerprint density at radius 2 is 1.83 bits per heavy atom. The Labute approximate surface area is 106 Å². The summed E-state index contributed by atoms with van der Waals surface area (Å²) >= 11 is 0. The van der Waals surface area contributed by atoms with Crippen LogP contribution < -0.4 is 15.8 Å². The molecule has 1 aromatic rings. The fraction of sp³-hybridized carbons (Fsp3) is 0.364. The minimum atomic E-state index is -3.99. The van der Waals surface area contributed by atoms with E-state index >= 15 is 0 Å². The third-order valence-corrected chi connectivity index (χ3v) is 3.99. The second-order valence-corrected chi connectivity index (χ2v) is 5.76. The van der Waals surface area contributed by atoms with E-state index in [-0.39, 0.29) is 10.5 Å². The summed E-state index contributed by atoms with van der Waals surface area (Å²) in [6.07, 6.45) is 1.98. The number of hydrogen-bond acceptors (Lipinski definition) is 4. The first-order valence-electron chi connectivity index (χ1n) is 5.62. The first-order chi connectivity index (χ1) is 8.41. The molecule has 2 rings (SSSR count). The zero-order valence-corrected chi connectivity index (χ0v) is 10.6. The molecule has 1 aromatic carbocycles. The molecule has 1 saturated heterocycles. The van der Waals surface area contributed by atoms with Crippen LogP contribution in [0.1, 0.15) is 23.2 Å². The number of benzene rings is 1. The summed E-state index contributed by atoms with van der Waals surface area (Å²) in [4.78, 5) is 13.1. The zero-order valence-electron chi connectivity index (χ0n) is 9.80. The molecule has 7 heteroatoms. The molecular weight excluding hydrogens is 254 g/mol. The molecule has 0 aliphatic carbocycles. The molecule has 0 bridgehead atoms. The number of sulfonamides is 1. The fourth-order valence-corrected chi connectivity index (χ4v) is 3.19. The fourth-order valence-electron chi connectivity index (χ4n) is 2.22. The zero-order chi connectivity index (χ0) is 13.3. The molecule has 0 aromatic heterocycles. The van der Waals surface area contributed by atoms with Crippen LogP contribution in [0.3, 0.4) is 0 Å². The quantitative estimate of drug-likeness (QED) is 0.807. The van der Waals surface area contributed by atoms with Gasteiger partial charge in [0.1, 0.15) is 4.90 Å². The summed E-state index contributed by atoms with van der Waals surface area (Å²) in [5, 5.41) is 5.20. The van der Waals surface area contributed by atoms with Crippen LogP contribution in [0.4, 0.5) is 5.69 Å². The third-order valence-electron chi connectivity index (χ3n) is 2.99. The van der Waals surface area contributed by atoms with Crippen molar-refractivity contribution in [3.63, 3.8) is 0 Å². The maximum Gasteiger partial charge on any atom is 0.250 e. The standard InChI is InChI=1S/C11H15N3O3S/c12-11(15)8-4-3-5-9(10(8)18(13,16)17)14-6-1-2-7-14/h3-5H,1-2,6-7H2,(H2,12,15)(H2,13,16,17). The van der Waals surface area contributed by atoms with Crippen LogP contribution >= 0.6 is 0 Å². The summed E-state index contributed by atoms with van der Waals surface area (Å²) in [5.41, 5.74) is 5.61. The molecule has 4 N–H and O–H groups in total. The van der Waals surface area contributed by atoms with Crippen molar-refractivity contribution in [1.82, 2.24) is 0 Å². The maximum atomic E-state index is 11.7. The SMILES string of the molecule is NC(=O)c1cccc(N2CCCC2)c1S(N)(=O)=O. The van der Waals surface area contributed by atoms with Crippen LogP contribution in [0.2, 0.25) is 0 Å². The highest BCUT2D eigenvalue weighted by Gasteiger charge is 2.26. The lowest BCUT2D eigenvalue weighted by molar-refractivity contribution is 0.0997. The molecule has 6 nitrogen and oxygen atoms in total. The first-order valence-corrected chi connectivity index (χ1v) is 7.16. The number of primary amides is 1. The highest BCUT2D eigenvalue weighted by Crippen LogP contribution is 2.30. The van der Waals surface area contributed by atoms with Crippen molar-refractivity contribution in [2.75, 3.05) is 18.0 Å². The Morgan fingerprint density at radius 1 is 1.22 bits per heavy atom. The predicted octanol–water partition coefficient (Wildman–Crippen LogP) is 0.0331. The number of anilines is 1. The van der Waals surface area contributed by atoms with Crippen LogP contribution in [-0.4, -0.2) is 27.4 Å². The maximum absolute atomic E-state index is 11.7. The molecule has 0 spiro atoms. The minimum absolute atomic E-state index is 0.0538. The molecule has 0 saturated carbocycles. The number of nitrogens with zero attached hydrogens (tertiary/aromatic N) is 1. The van der Waals surface area contributed by atoms with Crippen molar-refractivity contribution in [1.29, 1.82) is 0 Å². The van der Waals surface area contributed by atoms with Gasteiger partial charge in [0.05, 0.1) is 11.3 Å². The number of rotatable bonds is 3. The summed E-state index contributed by atoms with van der Waals surface area (Å²) in [6.45, 7) is 1.51. The van der Waals surface area contributed by atoms with Gasteiger partial charge in [-0.25, -0.2) is 13.6 Å². The van der Waals surface area contributed by atoms with Gasteiger partial charge in [0, 0.05) is 13.1 Å². The van der Waals surface area contributed by atoms with Crippen molar-refractivity contribution >= 4 is 21.6 Å². The van der Waals surface area contributed by atoms with Gasteiger partial charge in [-0.2, -0.15) is 0 Å². The molecule has 1 fully saturated rings. The van der Waals surface area contributed by atoms with Gasteiger partial charge in [0.25, 0.3) is 0 Å². The molecule has 98 valence electrons. The van der Waals surface area contributed by atoms with E-state index in [0.717, 1.165) is 25.9 Å². The van der Waals surface area contributed by atoms with Crippen LogP contribution in [0.25, 0.3) is 0 Å². The molecule has 18 heavy (non-hydrogen) atoms. The van der Waals surface area contributed by atoms with E-state index in [9.17, 15) is 13.2 Å². The van der Waals surface area contributed by atoms with E-state index < -0.39 is 15.9 Å². The summed E-state index contributed by atoms with van der Waals surface area (Å²) in [5.74, 6) is -0.792. The molecule has 1 aliphatic rings. The molecule has 0 radical (unpaired) electrons. The van der Waals surface area contributed by atoms with Gasteiger partial charge in [-0.3, -0.25) is 4.79 Å². The Hall–Kier alpha value is -1.60. The van der Waals surface area contributed by atoms with Crippen molar-refractivity contribution in [3.05, 3.63) is 23.8 Å². The van der Waals surface area contributed by atoms with E-state index in [4.69, 9.17) is 10.9 Å². The van der Waals surface area contributed by atoms with Crippen LogP contribution in [0, 0.1) is 0 Å². The number of carbonyl (C=O) groups is 1. The number of primary sulfonamides is 1. The van der Waals surface area contributed by atoms with Crippen molar-refractivity contribution in [2.45, 2.75) is 17.7 Å². The van der Waals surface area contributed by atoms with Crippen LogP contribution in [0.5, 0.6) is 0 Å². The van der Waals surface area contributed by atoms with Gasteiger partial charge >= 0.3 is 0 Å². The summed E-state index contributed by atoms with van der Waals surface area (Å²) < 4.78 is 23.4. The Morgan fingerprint density at radius 3 is 2.33 bits per heavy atom. The monoisotopic (exact) mass is 269 g/mol. The smallest absolute Gasteiger partial charge is 0.250 e. The van der Waals surface area contributed by atoms with Gasteiger partial charge in [0.2, 0.25) is 15.9 Å². The number of nitrogens with two attached hydrogens (primary N) is 2. The van der Waals surface area contributed by atoms with Crippen LogP contribution in [0.15, 0.2) is 23.1 Å². The predicted molar refractivity (Wildman–Crippen MR) is 67.8 cm³/mol. The molecular formula is C11H15N3O3S. The Kier molecular flexibility index (Phi) is 3.27. The van der Waals surface area contributed by atoms with Gasteiger partial charge in [-0.15, -0.1) is 0 Å². The van der Waals surface area contributed by atoms with Crippen molar-refractivity contribution < 1.29 is 13.2 Å². The molecule has 0 atom stereocenters. The average molecular weight is 269 g/mol. The second-order valence-electron chi connectivity index (χ2n) is 4.26. The number of hydrogen-bond donors (Lipinski definition) is 2. The lowest BCUT2D eigenvalue weighted by Gasteiger charge is -2.21. The topological polar surface area (TPSA) is 106 Å². The Balaban J connectivity index is 2.65. The molecule has 1 amide bonds. The highest BCUT2D eigenvalue weighted by molar-refractivity contribution is 7.89. The summed E-state index contributed by atoms with van der Waals surface area (Å²) in [7, 11) is -3.99. The second kappa shape index (κ2) is 4.58. The Bertz CT molecular complexity index is 577. The van der Waals surface area contributed by atoms with Gasteiger partial charge in [-0.1, -0.05) is 6.07 Å². The van der Waals surface area contributed by atoms with Gasteiger partial charge < -0.3 is 10.6 Å². The first kappa shape index (κ1) is 12.8. The largest absolute Gasteiger partial charge is 0.370 e. The van der Waals surface area contributed by atoms with Gasteiger partial charge in [-0.05, 0) is 25.0 Å². The highest BCUT2D eigenvalue weighted by atomic mass is 32.2. The number of carbonyl (C=O) groups excluding carboxylic acids is 1. The molecule has 1 heterocycles. The summed E-state index contributed by atoms with van der Waals surface area (Å²) in [6, 6.07) is 4.64. The number of amides is 1. The average Bonchev–Trinajstić information content (AvgIpc) is 2.80. The van der Waals surface area contributed by atoms with E-state index in [2.05, 4.69) is 0 Å². The van der Waals surface area contributed by atoms with Crippen molar-refractivity contribution in [3.8, 4) is 0 Å². The lowest BCUT2D eigenvalue weighted by Crippen LogP contribution is -2.26. The van der Waals surface area contributed by atoms with Crippen LogP contribution in [-0.2, 0) is 10.0 Å². The van der Waals surface area contributed by atoms with E-state index in [1.54, 1.807) is 12.1 Å². The minimum Gasteiger partial charge on any atom is -0.370 e. The van der Waals surface area contributed by atoms with Crippen molar-refractivity contribution in [2.24, 2.45) is 10.9 Å². The molecule has 0 unspecified atom stereocenters. The lowest BCUT2D eigenvalue weighted by atomic mass is 10.2. The van der Waals surface area contributed by atoms with E-state index in [1.165, 1.54) is 6.07 Å². The third kappa shape index (κ3) is 2.32. The normalized spacial score (nSPS) is 15.9. The molecule has 1 aliphatic heterocycles.